The molecular weight excluding hydrogens is 212 g/mol. The third kappa shape index (κ3) is 1.64. The largest absolute Gasteiger partial charge is 0.478 e. The molecule has 1 radical (unpaired) electrons. The first kappa shape index (κ1) is 9.85. The van der Waals surface area contributed by atoms with E-state index in [1.807, 2.05) is 36.4 Å². The van der Waals surface area contributed by atoms with Crippen molar-refractivity contribution < 1.29 is 9.90 Å². The maximum absolute atomic E-state index is 10.9. The Balaban J connectivity index is 2.36. The topological polar surface area (TPSA) is 37.3 Å². The summed E-state index contributed by atoms with van der Waals surface area (Å²) in [6.07, 6.45) is 0. The summed E-state index contributed by atoms with van der Waals surface area (Å²) >= 11 is 0. The second-order valence-electron chi connectivity index (χ2n) is 3.98. The fourth-order valence-electron chi connectivity index (χ4n) is 2.00. The van der Waals surface area contributed by atoms with E-state index in [4.69, 9.17) is 5.11 Å². The van der Waals surface area contributed by atoms with Gasteiger partial charge in [-0.2, -0.15) is 0 Å². The van der Waals surface area contributed by atoms with Crippen LogP contribution >= 0.6 is 0 Å². The van der Waals surface area contributed by atoms with E-state index in [1.165, 1.54) is 0 Å². The number of hydrogen-bond donors (Lipinski definition) is 1. The number of rotatable bonds is 1. The summed E-state index contributed by atoms with van der Waals surface area (Å²) in [6.45, 7) is 0. The van der Waals surface area contributed by atoms with Crippen molar-refractivity contribution in [3.05, 3.63) is 60.2 Å². The SMILES string of the molecule is O=C(O)c1[c]cc2cc3ccccc3cc2c1. The van der Waals surface area contributed by atoms with Crippen LogP contribution in [0.25, 0.3) is 21.5 Å². The number of benzene rings is 3. The van der Waals surface area contributed by atoms with Gasteiger partial charge in [0.05, 0.1) is 5.56 Å². The highest BCUT2D eigenvalue weighted by atomic mass is 16.4. The Hall–Kier alpha value is -2.35. The molecule has 81 valence electrons. The van der Waals surface area contributed by atoms with E-state index in [2.05, 4.69) is 6.07 Å². The number of carboxylic acids is 1. The molecule has 0 bridgehead atoms. The zero-order chi connectivity index (χ0) is 11.8. The first-order chi connectivity index (χ1) is 8.24. The number of carbonyl (C=O) groups is 1. The van der Waals surface area contributed by atoms with Crippen LogP contribution in [0.1, 0.15) is 10.4 Å². The Kier molecular flexibility index (Phi) is 2.08. The van der Waals surface area contributed by atoms with Crippen LogP contribution in [0.4, 0.5) is 0 Å². The van der Waals surface area contributed by atoms with Gasteiger partial charge in [0.25, 0.3) is 0 Å². The quantitative estimate of drug-likeness (QED) is 0.638. The van der Waals surface area contributed by atoms with Gasteiger partial charge in [0.2, 0.25) is 0 Å². The Bertz CT molecular complexity index is 729. The standard InChI is InChI=1S/C15H9O2/c16-15(17)13-6-5-12-7-10-3-1-2-4-11(10)8-14(12)9-13/h1-5,7-9H,(H,16,17). The van der Waals surface area contributed by atoms with Crippen LogP contribution < -0.4 is 0 Å². The molecule has 0 fully saturated rings. The van der Waals surface area contributed by atoms with Crippen molar-refractivity contribution in [2.75, 3.05) is 0 Å². The molecule has 0 aromatic heterocycles. The lowest BCUT2D eigenvalue weighted by molar-refractivity contribution is 0.0696. The van der Waals surface area contributed by atoms with Crippen molar-refractivity contribution in [3.63, 3.8) is 0 Å². The van der Waals surface area contributed by atoms with E-state index in [-0.39, 0.29) is 5.56 Å². The molecule has 0 aliphatic heterocycles. The maximum atomic E-state index is 10.9. The van der Waals surface area contributed by atoms with Gasteiger partial charge in [0.1, 0.15) is 0 Å². The fourth-order valence-corrected chi connectivity index (χ4v) is 2.00. The summed E-state index contributed by atoms with van der Waals surface area (Å²) in [5.74, 6) is -0.944. The zero-order valence-corrected chi connectivity index (χ0v) is 8.97. The smallest absolute Gasteiger partial charge is 0.336 e. The highest BCUT2D eigenvalue weighted by molar-refractivity contribution is 6.01. The average Bonchev–Trinajstić information content (AvgIpc) is 2.35. The molecule has 0 spiro atoms. The molecule has 0 saturated carbocycles. The molecule has 17 heavy (non-hydrogen) atoms. The van der Waals surface area contributed by atoms with Crippen molar-refractivity contribution in [3.8, 4) is 0 Å². The summed E-state index contributed by atoms with van der Waals surface area (Å²) in [5.41, 5.74) is 0.202. The van der Waals surface area contributed by atoms with Crippen LogP contribution in [0.15, 0.2) is 48.5 Å². The van der Waals surface area contributed by atoms with Gasteiger partial charge in [-0.25, -0.2) is 4.79 Å². The molecule has 3 rings (SSSR count). The summed E-state index contributed by atoms with van der Waals surface area (Å²) in [6, 6.07) is 18.2. The monoisotopic (exact) mass is 221 g/mol. The molecule has 0 atom stereocenters. The third-order valence-corrected chi connectivity index (χ3v) is 2.86. The molecule has 1 N–H and O–H groups in total. The number of carboxylic acid groups (broad SMARTS) is 1. The van der Waals surface area contributed by atoms with Crippen molar-refractivity contribution in [1.82, 2.24) is 0 Å². The molecule has 0 amide bonds. The molecule has 3 aromatic carbocycles. The van der Waals surface area contributed by atoms with Crippen molar-refractivity contribution in [1.29, 1.82) is 0 Å². The fraction of sp³-hybridized carbons (Fsp3) is 0. The highest BCUT2D eigenvalue weighted by Gasteiger charge is 2.04. The molecule has 0 unspecified atom stereocenters. The van der Waals surface area contributed by atoms with Crippen LogP contribution in [-0.4, -0.2) is 11.1 Å². The summed E-state index contributed by atoms with van der Waals surface area (Å²) in [7, 11) is 0. The van der Waals surface area contributed by atoms with Crippen molar-refractivity contribution in [2.24, 2.45) is 0 Å². The zero-order valence-electron chi connectivity index (χ0n) is 8.97. The first-order valence-corrected chi connectivity index (χ1v) is 5.31. The molecule has 0 aliphatic carbocycles. The number of hydrogen-bond acceptors (Lipinski definition) is 1. The van der Waals surface area contributed by atoms with Crippen molar-refractivity contribution >= 4 is 27.5 Å². The van der Waals surface area contributed by atoms with E-state index in [9.17, 15) is 4.79 Å². The second-order valence-corrected chi connectivity index (χ2v) is 3.98. The van der Waals surface area contributed by atoms with E-state index < -0.39 is 5.97 Å². The Morgan fingerprint density at radius 1 is 0.941 bits per heavy atom. The van der Waals surface area contributed by atoms with Crippen molar-refractivity contribution in [2.45, 2.75) is 0 Å². The van der Waals surface area contributed by atoms with E-state index >= 15 is 0 Å². The molecule has 2 nitrogen and oxygen atoms in total. The van der Waals surface area contributed by atoms with Gasteiger partial charge in [0, 0.05) is 0 Å². The first-order valence-electron chi connectivity index (χ1n) is 5.31. The van der Waals surface area contributed by atoms with Crippen LogP contribution in [0.3, 0.4) is 0 Å². The van der Waals surface area contributed by atoms with Gasteiger partial charge in [-0.3, -0.25) is 0 Å². The van der Waals surface area contributed by atoms with E-state index in [0.717, 1.165) is 21.5 Å². The molecule has 0 saturated heterocycles. The van der Waals surface area contributed by atoms with Gasteiger partial charge in [-0.1, -0.05) is 24.3 Å². The Labute approximate surface area is 98.1 Å². The maximum Gasteiger partial charge on any atom is 0.336 e. The van der Waals surface area contributed by atoms with Crippen LogP contribution in [-0.2, 0) is 0 Å². The lowest BCUT2D eigenvalue weighted by Crippen LogP contribution is -1.95. The van der Waals surface area contributed by atoms with E-state index in [1.54, 1.807) is 12.1 Å². The summed E-state index contributed by atoms with van der Waals surface area (Å²) in [4.78, 5) is 10.9. The van der Waals surface area contributed by atoms with Gasteiger partial charge < -0.3 is 5.11 Å². The Morgan fingerprint density at radius 2 is 1.59 bits per heavy atom. The Morgan fingerprint density at radius 3 is 2.24 bits per heavy atom. The normalized spacial score (nSPS) is 10.8. The third-order valence-electron chi connectivity index (χ3n) is 2.86. The molecule has 0 aliphatic rings. The summed E-state index contributed by atoms with van der Waals surface area (Å²) in [5, 5.41) is 13.1. The predicted molar refractivity (Wildman–Crippen MR) is 67.2 cm³/mol. The van der Waals surface area contributed by atoms with Crippen LogP contribution in [0.5, 0.6) is 0 Å². The molecular formula is C15H9O2. The van der Waals surface area contributed by atoms with Crippen LogP contribution in [0.2, 0.25) is 0 Å². The predicted octanol–water partition coefficient (Wildman–Crippen LogP) is 3.49. The lowest BCUT2D eigenvalue weighted by Gasteiger charge is -2.03. The minimum atomic E-state index is -0.944. The van der Waals surface area contributed by atoms with Gasteiger partial charge in [-0.15, -0.1) is 0 Å². The summed E-state index contributed by atoms with van der Waals surface area (Å²) < 4.78 is 0. The molecule has 2 heteroatoms. The second kappa shape index (κ2) is 3.59. The molecule has 3 aromatic rings. The van der Waals surface area contributed by atoms with E-state index in [0.29, 0.717) is 0 Å². The molecule has 0 heterocycles. The van der Waals surface area contributed by atoms with Crippen LogP contribution in [0, 0.1) is 6.07 Å². The average molecular weight is 221 g/mol. The number of aromatic carboxylic acids is 1. The minimum Gasteiger partial charge on any atom is -0.478 e. The highest BCUT2D eigenvalue weighted by Crippen LogP contribution is 2.23. The minimum absolute atomic E-state index is 0.202. The van der Waals surface area contributed by atoms with Gasteiger partial charge in [0.15, 0.2) is 0 Å². The van der Waals surface area contributed by atoms with Gasteiger partial charge in [-0.05, 0) is 51.9 Å². The lowest BCUT2D eigenvalue weighted by atomic mass is 10.0. The van der Waals surface area contributed by atoms with Gasteiger partial charge >= 0.3 is 5.97 Å². The number of fused-ring (bicyclic) bond motifs is 2.